The fraction of sp³-hybridized carbons (Fsp3) is 0.481. The van der Waals surface area contributed by atoms with Crippen LogP contribution in [-0.4, -0.2) is 83.7 Å². The maximum atomic E-state index is 14.3. The van der Waals surface area contributed by atoms with E-state index in [1.54, 1.807) is 4.90 Å². The molecule has 1 atom stereocenters. The number of nitrogens with one attached hydrogen (secondary N) is 1. The Bertz CT molecular complexity index is 1410. The summed E-state index contributed by atoms with van der Waals surface area (Å²) in [5.41, 5.74) is 7.56. The fourth-order valence-electron chi connectivity index (χ4n) is 5.54. The summed E-state index contributed by atoms with van der Waals surface area (Å²) in [5.74, 6) is 0.676. The van der Waals surface area contributed by atoms with E-state index in [1.165, 1.54) is 18.2 Å². The average Bonchev–Trinajstić information content (AvgIpc) is 3.35. The van der Waals surface area contributed by atoms with Crippen LogP contribution in [0.1, 0.15) is 47.8 Å². The monoisotopic (exact) mass is 536 g/mol. The van der Waals surface area contributed by atoms with Crippen molar-refractivity contribution in [3.8, 4) is 5.75 Å². The Hall–Kier alpha value is -3.93. The molecule has 2 saturated heterocycles. The highest BCUT2D eigenvalue weighted by Crippen LogP contribution is 2.35. The molecule has 0 saturated carbocycles. The van der Waals surface area contributed by atoms with Crippen LogP contribution in [0.3, 0.4) is 0 Å². The Balaban J connectivity index is 1.44. The Labute approximate surface area is 225 Å². The van der Waals surface area contributed by atoms with E-state index in [2.05, 4.69) is 15.1 Å². The lowest BCUT2D eigenvalue weighted by atomic mass is 9.98. The first kappa shape index (κ1) is 25.4. The van der Waals surface area contributed by atoms with Gasteiger partial charge in [-0.1, -0.05) is 0 Å². The molecule has 2 amide bonds. The standard InChI is InChI=1S/C27H33FN8O3/c1-33-9-4-8-30-25(37)16-39-22-7-6-17(28)11-19(22)27(38)35-10-3-2-5-21(35)20-12-24-31-23(34-14-18(29)15-34)13-26(33)36(24)32-20/h6-7,11-13,18,21H,2-5,8-10,14-16,29H2,1H3,(H,30,37)/t21-/m0/s1. The zero-order chi connectivity index (χ0) is 27.1. The molecule has 3 aliphatic heterocycles. The number of amides is 2. The summed E-state index contributed by atoms with van der Waals surface area (Å²) in [7, 11) is 1.99. The van der Waals surface area contributed by atoms with Crippen LogP contribution in [0, 0.1) is 5.82 Å². The van der Waals surface area contributed by atoms with Gasteiger partial charge in [-0.3, -0.25) is 9.59 Å². The quantitative estimate of drug-likeness (QED) is 0.482. The van der Waals surface area contributed by atoms with Crippen molar-refractivity contribution in [1.82, 2.24) is 24.8 Å². The minimum atomic E-state index is -0.544. The van der Waals surface area contributed by atoms with Gasteiger partial charge in [0, 0.05) is 57.9 Å². The Morgan fingerprint density at radius 2 is 1.95 bits per heavy atom. The molecule has 2 fully saturated rings. The van der Waals surface area contributed by atoms with Gasteiger partial charge in [0.05, 0.1) is 17.3 Å². The molecule has 3 aromatic rings. The third-order valence-electron chi connectivity index (χ3n) is 7.67. The lowest BCUT2D eigenvalue weighted by Crippen LogP contribution is -2.56. The first-order valence-electron chi connectivity index (χ1n) is 13.5. The van der Waals surface area contributed by atoms with Crippen LogP contribution in [0.2, 0.25) is 0 Å². The second-order valence-corrected chi connectivity index (χ2v) is 10.5. The van der Waals surface area contributed by atoms with Crippen molar-refractivity contribution in [2.24, 2.45) is 5.73 Å². The first-order valence-corrected chi connectivity index (χ1v) is 13.5. The zero-order valence-corrected chi connectivity index (χ0v) is 22.0. The molecule has 5 heterocycles. The molecular weight excluding hydrogens is 503 g/mol. The van der Waals surface area contributed by atoms with Gasteiger partial charge in [-0.2, -0.15) is 9.61 Å². The predicted octanol–water partition coefficient (Wildman–Crippen LogP) is 1.72. The minimum Gasteiger partial charge on any atom is -0.483 e. The van der Waals surface area contributed by atoms with Crippen LogP contribution in [0.4, 0.5) is 16.0 Å². The molecule has 3 aliphatic rings. The predicted molar refractivity (Wildman–Crippen MR) is 144 cm³/mol. The van der Waals surface area contributed by atoms with Crippen LogP contribution in [0.15, 0.2) is 30.3 Å². The van der Waals surface area contributed by atoms with Gasteiger partial charge in [0.2, 0.25) is 0 Å². The van der Waals surface area contributed by atoms with Gasteiger partial charge in [-0.05, 0) is 43.9 Å². The van der Waals surface area contributed by atoms with E-state index >= 15 is 0 Å². The van der Waals surface area contributed by atoms with Crippen molar-refractivity contribution >= 4 is 29.1 Å². The summed E-state index contributed by atoms with van der Waals surface area (Å²) in [5, 5.41) is 7.81. The lowest BCUT2D eigenvalue weighted by Gasteiger charge is -2.38. The summed E-state index contributed by atoms with van der Waals surface area (Å²) in [6.45, 7) is 2.84. The molecule has 206 valence electrons. The number of aromatic nitrogens is 3. The molecule has 1 aromatic carbocycles. The van der Waals surface area contributed by atoms with E-state index in [4.69, 9.17) is 20.6 Å². The number of fused-ring (bicyclic) bond motifs is 4. The largest absolute Gasteiger partial charge is 0.483 e. The van der Waals surface area contributed by atoms with Gasteiger partial charge in [0.25, 0.3) is 11.8 Å². The minimum absolute atomic E-state index is 0.0951. The second-order valence-electron chi connectivity index (χ2n) is 10.5. The molecule has 0 radical (unpaired) electrons. The van der Waals surface area contributed by atoms with Crippen LogP contribution in [-0.2, 0) is 4.79 Å². The third kappa shape index (κ3) is 4.96. The van der Waals surface area contributed by atoms with Crippen LogP contribution in [0.25, 0.3) is 5.65 Å². The SMILES string of the molecule is CN1CCCNC(=O)COc2ccc(F)cc2C(=O)N2CCCC[C@H]2c2cc3nc(N4CC(N)C4)cc1n3n2. The van der Waals surface area contributed by atoms with E-state index in [0.29, 0.717) is 31.7 Å². The Morgan fingerprint density at radius 1 is 1.10 bits per heavy atom. The molecule has 0 spiro atoms. The third-order valence-corrected chi connectivity index (χ3v) is 7.67. The number of rotatable bonds is 1. The summed E-state index contributed by atoms with van der Waals surface area (Å²) in [4.78, 5) is 37.2. The van der Waals surface area contributed by atoms with Gasteiger partial charge in [-0.15, -0.1) is 0 Å². The average molecular weight is 537 g/mol. The molecule has 39 heavy (non-hydrogen) atoms. The number of anilines is 2. The van der Waals surface area contributed by atoms with Gasteiger partial charge in [-0.25, -0.2) is 9.37 Å². The fourth-order valence-corrected chi connectivity index (χ4v) is 5.54. The van der Waals surface area contributed by atoms with E-state index < -0.39 is 5.82 Å². The Morgan fingerprint density at radius 3 is 2.77 bits per heavy atom. The van der Waals surface area contributed by atoms with Crippen molar-refractivity contribution in [1.29, 1.82) is 0 Å². The number of hydrogen-bond donors (Lipinski definition) is 2. The number of piperidine rings is 1. The smallest absolute Gasteiger partial charge is 0.258 e. The van der Waals surface area contributed by atoms with Gasteiger partial charge < -0.3 is 30.5 Å². The second kappa shape index (κ2) is 10.3. The highest BCUT2D eigenvalue weighted by molar-refractivity contribution is 5.97. The number of carbonyl (C=O) groups excluding carboxylic acids is 2. The molecule has 3 N–H and O–H groups in total. The van der Waals surface area contributed by atoms with Crippen LogP contribution < -0.4 is 25.6 Å². The zero-order valence-electron chi connectivity index (χ0n) is 22.0. The van der Waals surface area contributed by atoms with E-state index in [9.17, 15) is 14.0 Å². The normalized spacial score (nSPS) is 21.2. The maximum absolute atomic E-state index is 14.3. The topological polar surface area (TPSA) is 121 Å². The number of nitrogens with zero attached hydrogens (tertiary/aromatic N) is 6. The summed E-state index contributed by atoms with van der Waals surface area (Å²) < 4.78 is 21.8. The van der Waals surface area contributed by atoms with Gasteiger partial charge >= 0.3 is 0 Å². The first-order chi connectivity index (χ1) is 18.9. The van der Waals surface area contributed by atoms with Crippen molar-refractivity contribution < 1.29 is 18.7 Å². The Kier molecular flexibility index (Phi) is 6.71. The van der Waals surface area contributed by atoms with Crippen molar-refractivity contribution in [3.05, 3.63) is 47.4 Å². The summed E-state index contributed by atoms with van der Waals surface area (Å²) in [6, 6.07) is 7.60. The van der Waals surface area contributed by atoms with Crippen molar-refractivity contribution in [2.75, 3.05) is 56.2 Å². The van der Waals surface area contributed by atoms with Gasteiger partial charge in [0.15, 0.2) is 12.3 Å². The number of benzene rings is 1. The van der Waals surface area contributed by atoms with E-state index in [0.717, 1.165) is 49.7 Å². The highest BCUT2D eigenvalue weighted by Gasteiger charge is 2.33. The van der Waals surface area contributed by atoms with Crippen molar-refractivity contribution in [3.63, 3.8) is 0 Å². The molecule has 12 heteroatoms. The summed E-state index contributed by atoms with van der Waals surface area (Å²) in [6.07, 6.45) is 3.19. The van der Waals surface area contributed by atoms with Crippen LogP contribution in [0.5, 0.6) is 5.75 Å². The highest BCUT2D eigenvalue weighted by atomic mass is 19.1. The molecule has 0 unspecified atom stereocenters. The number of ether oxygens (including phenoxy) is 1. The van der Waals surface area contributed by atoms with Crippen LogP contribution >= 0.6 is 0 Å². The number of nitrogens with two attached hydrogens (primary N) is 1. The molecular formula is C27H33FN8O3. The number of carbonyl (C=O) groups is 2. The molecule has 6 rings (SSSR count). The van der Waals surface area contributed by atoms with Gasteiger partial charge in [0.1, 0.15) is 23.2 Å². The molecule has 2 aromatic heterocycles. The maximum Gasteiger partial charge on any atom is 0.258 e. The lowest BCUT2D eigenvalue weighted by molar-refractivity contribution is -0.123. The number of hydrogen-bond acceptors (Lipinski definition) is 8. The van der Waals surface area contributed by atoms with E-state index in [1.807, 2.05) is 23.7 Å². The molecule has 2 bridgehead atoms. The van der Waals surface area contributed by atoms with Crippen molar-refractivity contribution in [2.45, 2.75) is 37.8 Å². The molecule has 11 nitrogen and oxygen atoms in total. The summed E-state index contributed by atoms with van der Waals surface area (Å²) >= 11 is 0. The molecule has 0 aliphatic carbocycles. The number of halogens is 1. The van der Waals surface area contributed by atoms with E-state index in [-0.39, 0.29) is 41.8 Å².